The molecule has 1 saturated heterocycles. The third-order valence-corrected chi connectivity index (χ3v) is 2.39. The summed E-state index contributed by atoms with van der Waals surface area (Å²) in [4.78, 5) is 0. The molecule has 1 fully saturated rings. The molecule has 0 amide bonds. The first-order chi connectivity index (χ1) is 6.25. The largest absolute Gasteiger partial charge is 0.373 e. The van der Waals surface area contributed by atoms with Crippen molar-refractivity contribution in [3.8, 4) is 0 Å². The van der Waals surface area contributed by atoms with E-state index in [0.717, 1.165) is 25.0 Å². The molecule has 0 bridgehead atoms. The minimum atomic E-state index is -0.215. The van der Waals surface area contributed by atoms with Crippen LogP contribution in [0, 0.1) is 5.82 Å². The molecule has 1 aliphatic rings. The van der Waals surface area contributed by atoms with Crippen LogP contribution in [-0.2, 0) is 11.2 Å². The van der Waals surface area contributed by atoms with Gasteiger partial charge in [-0.1, -0.05) is 17.7 Å². The number of benzene rings is 1. The van der Waals surface area contributed by atoms with Crippen molar-refractivity contribution in [2.24, 2.45) is 0 Å². The highest BCUT2D eigenvalue weighted by molar-refractivity contribution is 6.30. The zero-order chi connectivity index (χ0) is 9.26. The molecule has 1 unspecified atom stereocenters. The zero-order valence-electron chi connectivity index (χ0n) is 7.09. The van der Waals surface area contributed by atoms with Gasteiger partial charge in [0.15, 0.2) is 0 Å². The van der Waals surface area contributed by atoms with Crippen molar-refractivity contribution in [2.45, 2.75) is 18.9 Å². The van der Waals surface area contributed by atoms with E-state index in [1.807, 2.05) is 0 Å². The molecule has 1 nitrogen and oxygen atoms in total. The summed E-state index contributed by atoms with van der Waals surface area (Å²) in [5.41, 5.74) is 0.722. The van der Waals surface area contributed by atoms with Crippen molar-refractivity contribution in [2.75, 3.05) is 6.61 Å². The molecule has 1 aliphatic heterocycles. The number of hydrogen-bond acceptors (Lipinski definition) is 1. The topological polar surface area (TPSA) is 12.5 Å². The molecule has 0 radical (unpaired) electrons. The number of epoxide rings is 1. The second-order valence-electron chi connectivity index (χ2n) is 3.23. The molecule has 1 atom stereocenters. The van der Waals surface area contributed by atoms with Gasteiger partial charge in [-0.3, -0.25) is 0 Å². The molecule has 70 valence electrons. The van der Waals surface area contributed by atoms with Crippen molar-refractivity contribution in [1.82, 2.24) is 0 Å². The fourth-order valence-corrected chi connectivity index (χ4v) is 1.43. The van der Waals surface area contributed by atoms with Gasteiger partial charge in [-0.05, 0) is 30.5 Å². The van der Waals surface area contributed by atoms with Crippen molar-refractivity contribution in [3.63, 3.8) is 0 Å². The fraction of sp³-hybridized carbons (Fsp3) is 0.400. The summed E-state index contributed by atoms with van der Waals surface area (Å²) in [5.74, 6) is -0.215. The van der Waals surface area contributed by atoms with Crippen LogP contribution in [0.4, 0.5) is 4.39 Å². The maximum absolute atomic E-state index is 13.2. The molecule has 2 rings (SSSR count). The molecule has 0 saturated carbocycles. The Kier molecular flexibility index (Phi) is 2.51. The smallest absolute Gasteiger partial charge is 0.127 e. The van der Waals surface area contributed by atoms with Gasteiger partial charge in [0.05, 0.1) is 12.7 Å². The molecule has 0 N–H and O–H groups in total. The first-order valence-corrected chi connectivity index (χ1v) is 4.69. The van der Waals surface area contributed by atoms with Crippen molar-refractivity contribution in [1.29, 1.82) is 0 Å². The Bertz CT molecular complexity index is 310. The van der Waals surface area contributed by atoms with Crippen LogP contribution in [0.15, 0.2) is 18.2 Å². The maximum Gasteiger partial charge on any atom is 0.127 e. The molecule has 0 spiro atoms. The van der Waals surface area contributed by atoms with Gasteiger partial charge in [-0.25, -0.2) is 4.39 Å². The first-order valence-electron chi connectivity index (χ1n) is 4.31. The van der Waals surface area contributed by atoms with E-state index in [2.05, 4.69) is 0 Å². The Labute approximate surface area is 81.5 Å². The summed E-state index contributed by atoms with van der Waals surface area (Å²) in [7, 11) is 0. The lowest BCUT2D eigenvalue weighted by Gasteiger charge is -2.01. The van der Waals surface area contributed by atoms with Gasteiger partial charge in [0.2, 0.25) is 0 Å². The van der Waals surface area contributed by atoms with Crippen molar-refractivity contribution in [3.05, 3.63) is 34.6 Å². The van der Waals surface area contributed by atoms with Gasteiger partial charge in [-0.15, -0.1) is 0 Å². The van der Waals surface area contributed by atoms with E-state index < -0.39 is 0 Å². The standard InChI is InChI=1S/C10H10ClFO/c11-8-3-1-7(10(12)5-8)2-4-9-6-13-9/h1,3,5,9H,2,4,6H2. The highest BCUT2D eigenvalue weighted by Crippen LogP contribution is 2.20. The summed E-state index contributed by atoms with van der Waals surface area (Å²) >= 11 is 5.63. The Morgan fingerprint density at radius 1 is 1.54 bits per heavy atom. The van der Waals surface area contributed by atoms with Crippen LogP contribution in [0.2, 0.25) is 5.02 Å². The summed E-state index contributed by atoms with van der Waals surface area (Å²) in [6.07, 6.45) is 1.99. The number of aryl methyl sites for hydroxylation is 1. The lowest BCUT2D eigenvalue weighted by atomic mass is 10.1. The molecule has 1 aromatic carbocycles. The van der Waals surface area contributed by atoms with Crippen molar-refractivity contribution < 1.29 is 9.13 Å². The lowest BCUT2D eigenvalue weighted by Crippen LogP contribution is -1.94. The van der Waals surface area contributed by atoms with E-state index in [0.29, 0.717) is 11.1 Å². The van der Waals surface area contributed by atoms with Crippen molar-refractivity contribution >= 4 is 11.6 Å². The van der Waals surface area contributed by atoms with Crippen LogP contribution >= 0.6 is 11.6 Å². The van der Waals surface area contributed by atoms with E-state index in [9.17, 15) is 4.39 Å². The monoisotopic (exact) mass is 200 g/mol. The normalized spacial score (nSPS) is 20.3. The molecular formula is C10H10ClFO. The summed E-state index contributed by atoms with van der Waals surface area (Å²) in [6.45, 7) is 0.829. The fourth-order valence-electron chi connectivity index (χ4n) is 1.28. The molecule has 0 aromatic heterocycles. The first kappa shape index (κ1) is 8.97. The van der Waals surface area contributed by atoms with Gasteiger partial charge in [0.25, 0.3) is 0 Å². The van der Waals surface area contributed by atoms with Gasteiger partial charge in [-0.2, -0.15) is 0 Å². The molecule has 1 heterocycles. The van der Waals surface area contributed by atoms with Crippen LogP contribution in [0.25, 0.3) is 0 Å². The maximum atomic E-state index is 13.2. The van der Waals surface area contributed by atoms with Gasteiger partial charge >= 0.3 is 0 Å². The number of hydrogen-bond donors (Lipinski definition) is 0. The van der Waals surface area contributed by atoms with Gasteiger partial charge in [0, 0.05) is 5.02 Å². The van der Waals surface area contributed by atoms with E-state index in [4.69, 9.17) is 16.3 Å². The average Bonchev–Trinajstić information content (AvgIpc) is 2.86. The Morgan fingerprint density at radius 3 is 2.92 bits per heavy atom. The van der Waals surface area contributed by atoms with E-state index in [1.165, 1.54) is 6.07 Å². The highest BCUT2D eigenvalue weighted by atomic mass is 35.5. The second-order valence-corrected chi connectivity index (χ2v) is 3.67. The molecular weight excluding hydrogens is 191 g/mol. The number of ether oxygens (including phenoxy) is 1. The summed E-state index contributed by atoms with van der Waals surface area (Å²) in [5, 5.41) is 0.448. The van der Waals surface area contributed by atoms with Crippen LogP contribution in [0.1, 0.15) is 12.0 Å². The molecule has 1 aromatic rings. The van der Waals surface area contributed by atoms with E-state index in [1.54, 1.807) is 12.1 Å². The lowest BCUT2D eigenvalue weighted by molar-refractivity contribution is 0.395. The van der Waals surface area contributed by atoms with E-state index in [-0.39, 0.29) is 5.82 Å². The van der Waals surface area contributed by atoms with Gasteiger partial charge < -0.3 is 4.74 Å². The number of halogens is 2. The van der Waals surface area contributed by atoms with Crippen LogP contribution in [-0.4, -0.2) is 12.7 Å². The van der Waals surface area contributed by atoms with Crippen LogP contribution in [0.3, 0.4) is 0 Å². The third kappa shape index (κ3) is 2.42. The van der Waals surface area contributed by atoms with Crippen LogP contribution < -0.4 is 0 Å². The molecule has 0 aliphatic carbocycles. The SMILES string of the molecule is Fc1cc(Cl)ccc1CCC1CO1. The predicted octanol–water partition coefficient (Wildman–Crippen LogP) is 2.81. The Hall–Kier alpha value is -0.600. The Balaban J connectivity index is 2.01. The van der Waals surface area contributed by atoms with E-state index >= 15 is 0 Å². The second kappa shape index (κ2) is 3.64. The Morgan fingerprint density at radius 2 is 2.31 bits per heavy atom. The zero-order valence-corrected chi connectivity index (χ0v) is 7.85. The summed E-state index contributed by atoms with van der Waals surface area (Å²) < 4.78 is 18.2. The summed E-state index contributed by atoms with van der Waals surface area (Å²) in [6, 6.07) is 4.80. The van der Waals surface area contributed by atoms with Crippen LogP contribution in [0.5, 0.6) is 0 Å². The minimum absolute atomic E-state index is 0.215. The van der Waals surface area contributed by atoms with Gasteiger partial charge in [0.1, 0.15) is 5.82 Å². The minimum Gasteiger partial charge on any atom is -0.373 e. The number of rotatable bonds is 3. The average molecular weight is 201 g/mol. The highest BCUT2D eigenvalue weighted by Gasteiger charge is 2.22. The quantitative estimate of drug-likeness (QED) is 0.684. The predicted molar refractivity (Wildman–Crippen MR) is 49.5 cm³/mol. The third-order valence-electron chi connectivity index (χ3n) is 2.15. The molecule has 13 heavy (non-hydrogen) atoms. The molecule has 3 heteroatoms.